The molecule has 0 aromatic carbocycles. The SMILES string of the molecule is CNCc1coc(CN2CCCC2C)c1. The van der Waals surface area contributed by atoms with E-state index in [9.17, 15) is 0 Å². The summed E-state index contributed by atoms with van der Waals surface area (Å²) in [4.78, 5) is 2.49. The van der Waals surface area contributed by atoms with Crippen molar-refractivity contribution in [1.29, 1.82) is 0 Å². The summed E-state index contributed by atoms with van der Waals surface area (Å²) in [6, 6.07) is 2.87. The molecule has 84 valence electrons. The number of nitrogens with one attached hydrogen (secondary N) is 1. The van der Waals surface area contributed by atoms with E-state index in [2.05, 4.69) is 23.2 Å². The molecule has 0 aliphatic carbocycles. The Balaban J connectivity index is 1.92. The van der Waals surface area contributed by atoms with Crippen LogP contribution in [0.15, 0.2) is 16.7 Å². The molecule has 1 atom stereocenters. The molecule has 3 nitrogen and oxygen atoms in total. The third-order valence-electron chi connectivity index (χ3n) is 3.14. The van der Waals surface area contributed by atoms with Crippen molar-refractivity contribution in [2.75, 3.05) is 13.6 Å². The van der Waals surface area contributed by atoms with Gasteiger partial charge >= 0.3 is 0 Å². The van der Waals surface area contributed by atoms with Crippen LogP contribution in [0.25, 0.3) is 0 Å². The highest BCUT2D eigenvalue weighted by atomic mass is 16.3. The summed E-state index contributed by atoms with van der Waals surface area (Å²) >= 11 is 0. The average molecular weight is 208 g/mol. The zero-order valence-corrected chi connectivity index (χ0v) is 9.62. The van der Waals surface area contributed by atoms with Crippen molar-refractivity contribution in [3.63, 3.8) is 0 Å². The fourth-order valence-corrected chi connectivity index (χ4v) is 2.23. The number of furan rings is 1. The van der Waals surface area contributed by atoms with Gasteiger partial charge in [0.25, 0.3) is 0 Å². The Hall–Kier alpha value is -0.800. The predicted molar refractivity (Wildman–Crippen MR) is 60.6 cm³/mol. The average Bonchev–Trinajstić information content (AvgIpc) is 2.79. The molecule has 1 N–H and O–H groups in total. The Morgan fingerprint density at radius 3 is 3.13 bits per heavy atom. The molecule has 1 aromatic heterocycles. The van der Waals surface area contributed by atoms with Crippen molar-refractivity contribution in [2.45, 2.75) is 38.9 Å². The highest BCUT2D eigenvalue weighted by Gasteiger charge is 2.20. The van der Waals surface area contributed by atoms with Crippen LogP contribution in [0, 0.1) is 0 Å². The Morgan fingerprint density at radius 2 is 2.47 bits per heavy atom. The second-order valence-electron chi connectivity index (χ2n) is 4.41. The Labute approximate surface area is 91.4 Å². The topological polar surface area (TPSA) is 28.4 Å². The first-order chi connectivity index (χ1) is 7.29. The van der Waals surface area contributed by atoms with Gasteiger partial charge < -0.3 is 9.73 Å². The van der Waals surface area contributed by atoms with Crippen LogP contribution in [0.4, 0.5) is 0 Å². The zero-order valence-electron chi connectivity index (χ0n) is 9.62. The van der Waals surface area contributed by atoms with Gasteiger partial charge in [-0.2, -0.15) is 0 Å². The second kappa shape index (κ2) is 4.81. The lowest BCUT2D eigenvalue weighted by Gasteiger charge is -2.18. The molecule has 2 rings (SSSR count). The largest absolute Gasteiger partial charge is 0.468 e. The zero-order chi connectivity index (χ0) is 10.7. The minimum atomic E-state index is 0.711. The highest BCUT2D eigenvalue weighted by Crippen LogP contribution is 2.20. The van der Waals surface area contributed by atoms with Crippen LogP contribution >= 0.6 is 0 Å². The first kappa shape index (κ1) is 10.7. The van der Waals surface area contributed by atoms with Gasteiger partial charge in [0.2, 0.25) is 0 Å². The van der Waals surface area contributed by atoms with E-state index in [0.717, 1.165) is 18.8 Å². The molecule has 3 heteroatoms. The van der Waals surface area contributed by atoms with Gasteiger partial charge in [-0.25, -0.2) is 0 Å². The summed E-state index contributed by atoms with van der Waals surface area (Å²) in [6.07, 6.45) is 4.50. The van der Waals surface area contributed by atoms with Gasteiger partial charge in [0, 0.05) is 18.2 Å². The molecule has 0 saturated carbocycles. The van der Waals surface area contributed by atoms with Crippen LogP contribution in [-0.2, 0) is 13.1 Å². The minimum Gasteiger partial charge on any atom is -0.468 e. The number of hydrogen-bond acceptors (Lipinski definition) is 3. The predicted octanol–water partition coefficient (Wildman–Crippen LogP) is 1.98. The summed E-state index contributed by atoms with van der Waals surface area (Å²) in [5, 5.41) is 3.13. The molecule has 1 aliphatic heterocycles. The van der Waals surface area contributed by atoms with E-state index in [1.54, 1.807) is 0 Å². The van der Waals surface area contributed by atoms with Crippen LogP contribution in [0.1, 0.15) is 31.1 Å². The molecule has 1 saturated heterocycles. The van der Waals surface area contributed by atoms with Crippen molar-refractivity contribution in [1.82, 2.24) is 10.2 Å². The van der Waals surface area contributed by atoms with Crippen molar-refractivity contribution < 1.29 is 4.42 Å². The summed E-state index contributed by atoms with van der Waals surface area (Å²) < 4.78 is 5.55. The van der Waals surface area contributed by atoms with Gasteiger partial charge in [0.05, 0.1) is 12.8 Å². The van der Waals surface area contributed by atoms with Crippen molar-refractivity contribution >= 4 is 0 Å². The van der Waals surface area contributed by atoms with Gasteiger partial charge in [-0.15, -0.1) is 0 Å². The molecule has 15 heavy (non-hydrogen) atoms. The van der Waals surface area contributed by atoms with E-state index >= 15 is 0 Å². The molecule has 0 amide bonds. The molecule has 0 spiro atoms. The lowest BCUT2D eigenvalue weighted by atomic mass is 10.2. The standard InChI is InChI=1S/C12H20N2O/c1-10-4-3-5-14(10)8-12-6-11(7-13-2)9-15-12/h6,9-10,13H,3-5,7-8H2,1-2H3. The smallest absolute Gasteiger partial charge is 0.118 e. The molecule has 1 aromatic rings. The Bertz CT molecular complexity index is 308. The molecule has 1 fully saturated rings. The van der Waals surface area contributed by atoms with Crippen molar-refractivity contribution in [2.24, 2.45) is 0 Å². The lowest BCUT2D eigenvalue weighted by molar-refractivity contribution is 0.238. The number of nitrogens with zero attached hydrogens (tertiary/aromatic N) is 1. The maximum atomic E-state index is 5.55. The molecular weight excluding hydrogens is 188 g/mol. The van der Waals surface area contributed by atoms with Crippen LogP contribution in [0.2, 0.25) is 0 Å². The third-order valence-corrected chi connectivity index (χ3v) is 3.14. The molecule has 0 bridgehead atoms. The maximum Gasteiger partial charge on any atom is 0.118 e. The van der Waals surface area contributed by atoms with E-state index in [1.165, 1.54) is 24.9 Å². The number of rotatable bonds is 4. The summed E-state index contributed by atoms with van der Waals surface area (Å²) in [6.45, 7) is 5.36. The number of likely N-dealkylation sites (tertiary alicyclic amines) is 1. The van der Waals surface area contributed by atoms with Crippen molar-refractivity contribution in [3.8, 4) is 0 Å². The van der Waals surface area contributed by atoms with Crippen molar-refractivity contribution in [3.05, 3.63) is 23.7 Å². The third kappa shape index (κ3) is 2.61. The quantitative estimate of drug-likeness (QED) is 0.820. The van der Waals surface area contributed by atoms with Gasteiger partial charge in [-0.3, -0.25) is 4.90 Å². The first-order valence-corrected chi connectivity index (χ1v) is 5.74. The monoisotopic (exact) mass is 208 g/mol. The van der Waals surface area contributed by atoms with Crippen LogP contribution in [-0.4, -0.2) is 24.5 Å². The summed E-state index contributed by atoms with van der Waals surface area (Å²) in [5.74, 6) is 1.09. The van der Waals surface area contributed by atoms with Crippen LogP contribution < -0.4 is 5.32 Å². The maximum absolute atomic E-state index is 5.55. The normalized spacial score (nSPS) is 22.4. The fourth-order valence-electron chi connectivity index (χ4n) is 2.23. The van der Waals surface area contributed by atoms with Gasteiger partial charge in [-0.05, 0) is 39.4 Å². The summed E-state index contributed by atoms with van der Waals surface area (Å²) in [7, 11) is 1.95. The molecular formula is C12H20N2O. The Kier molecular flexibility index (Phi) is 3.44. The van der Waals surface area contributed by atoms with E-state index < -0.39 is 0 Å². The van der Waals surface area contributed by atoms with Gasteiger partial charge in [0.1, 0.15) is 5.76 Å². The van der Waals surface area contributed by atoms with E-state index in [1.807, 2.05) is 13.3 Å². The van der Waals surface area contributed by atoms with E-state index in [0.29, 0.717) is 6.04 Å². The minimum absolute atomic E-state index is 0.711. The Morgan fingerprint density at radius 1 is 1.60 bits per heavy atom. The number of hydrogen-bond donors (Lipinski definition) is 1. The van der Waals surface area contributed by atoms with E-state index in [4.69, 9.17) is 4.42 Å². The lowest BCUT2D eigenvalue weighted by Crippen LogP contribution is -2.25. The second-order valence-corrected chi connectivity index (χ2v) is 4.41. The van der Waals surface area contributed by atoms with Crippen LogP contribution in [0.5, 0.6) is 0 Å². The summed E-state index contributed by atoms with van der Waals surface area (Å²) in [5.41, 5.74) is 1.24. The molecule has 2 heterocycles. The first-order valence-electron chi connectivity index (χ1n) is 5.74. The fraction of sp³-hybridized carbons (Fsp3) is 0.667. The molecule has 0 radical (unpaired) electrons. The van der Waals surface area contributed by atoms with Gasteiger partial charge in [0.15, 0.2) is 0 Å². The molecule has 1 aliphatic rings. The van der Waals surface area contributed by atoms with Gasteiger partial charge in [-0.1, -0.05) is 0 Å². The van der Waals surface area contributed by atoms with E-state index in [-0.39, 0.29) is 0 Å². The van der Waals surface area contributed by atoms with Crippen LogP contribution in [0.3, 0.4) is 0 Å². The molecule has 1 unspecified atom stereocenters. The highest BCUT2D eigenvalue weighted by molar-refractivity contribution is 5.12.